The first kappa shape index (κ1) is 14.3. The zero-order valence-corrected chi connectivity index (χ0v) is 10.9. The highest BCUT2D eigenvalue weighted by Crippen LogP contribution is 2.28. The largest absolute Gasteiger partial charge is 0.504 e. The number of benzene rings is 1. The monoisotopic (exact) mass is 252 g/mol. The maximum absolute atomic E-state index is 11.6. The fourth-order valence-electron chi connectivity index (χ4n) is 1.65. The molecule has 5 nitrogen and oxygen atoms in total. The number of para-hydroxylation sites is 1. The summed E-state index contributed by atoms with van der Waals surface area (Å²) < 4.78 is 0. The Morgan fingerprint density at radius 2 is 2.00 bits per heavy atom. The molecule has 0 radical (unpaired) electrons. The SMILES string of the molecule is CNC(=O)C(C)(C)CNCc1cccc(O)c1O. The molecule has 5 heteroatoms. The molecule has 0 aromatic heterocycles. The van der Waals surface area contributed by atoms with E-state index in [1.54, 1.807) is 19.2 Å². The predicted molar refractivity (Wildman–Crippen MR) is 69.3 cm³/mol. The molecule has 0 spiro atoms. The Hall–Kier alpha value is -1.75. The zero-order chi connectivity index (χ0) is 13.8. The first-order chi connectivity index (χ1) is 8.38. The summed E-state index contributed by atoms with van der Waals surface area (Å²) in [5.74, 6) is -0.308. The Balaban J connectivity index is 2.57. The summed E-state index contributed by atoms with van der Waals surface area (Å²) in [4.78, 5) is 11.6. The van der Waals surface area contributed by atoms with Crippen LogP contribution < -0.4 is 10.6 Å². The minimum atomic E-state index is -0.527. The summed E-state index contributed by atoms with van der Waals surface area (Å²) in [6.07, 6.45) is 0. The van der Waals surface area contributed by atoms with Gasteiger partial charge in [-0.3, -0.25) is 4.79 Å². The number of rotatable bonds is 5. The molecule has 0 aliphatic carbocycles. The van der Waals surface area contributed by atoms with Gasteiger partial charge in [0.15, 0.2) is 11.5 Å². The summed E-state index contributed by atoms with van der Waals surface area (Å²) in [6, 6.07) is 4.80. The van der Waals surface area contributed by atoms with Crippen LogP contribution in [-0.4, -0.2) is 29.7 Å². The van der Waals surface area contributed by atoms with Crippen LogP contribution in [0.25, 0.3) is 0 Å². The zero-order valence-electron chi connectivity index (χ0n) is 10.9. The standard InChI is InChI=1S/C13H20N2O3/c1-13(2,12(18)14-3)8-15-7-9-5-4-6-10(16)11(9)17/h4-6,15-17H,7-8H2,1-3H3,(H,14,18). The molecule has 0 atom stereocenters. The minimum absolute atomic E-state index is 0.0462. The lowest BCUT2D eigenvalue weighted by Gasteiger charge is -2.23. The Bertz CT molecular complexity index is 430. The van der Waals surface area contributed by atoms with Crippen LogP contribution in [0.15, 0.2) is 18.2 Å². The summed E-state index contributed by atoms with van der Waals surface area (Å²) in [7, 11) is 1.60. The fourth-order valence-corrected chi connectivity index (χ4v) is 1.65. The second kappa shape index (κ2) is 5.73. The van der Waals surface area contributed by atoms with Gasteiger partial charge in [-0.25, -0.2) is 0 Å². The van der Waals surface area contributed by atoms with E-state index in [2.05, 4.69) is 10.6 Å². The molecule has 1 amide bonds. The van der Waals surface area contributed by atoms with Crippen LogP contribution >= 0.6 is 0 Å². The highest BCUT2D eigenvalue weighted by molar-refractivity contribution is 5.81. The molecule has 0 bridgehead atoms. The number of aromatic hydroxyl groups is 2. The van der Waals surface area contributed by atoms with E-state index in [0.29, 0.717) is 18.7 Å². The smallest absolute Gasteiger partial charge is 0.226 e. The van der Waals surface area contributed by atoms with Gasteiger partial charge in [-0.15, -0.1) is 0 Å². The van der Waals surface area contributed by atoms with Gasteiger partial charge in [0.25, 0.3) is 0 Å². The second-order valence-electron chi connectivity index (χ2n) is 4.85. The van der Waals surface area contributed by atoms with Gasteiger partial charge < -0.3 is 20.8 Å². The van der Waals surface area contributed by atoms with E-state index >= 15 is 0 Å². The molecule has 4 N–H and O–H groups in total. The molecule has 0 aliphatic rings. The number of hydrogen-bond donors (Lipinski definition) is 4. The summed E-state index contributed by atoms with van der Waals surface area (Å²) in [5.41, 5.74) is 0.0731. The number of carbonyl (C=O) groups is 1. The molecule has 0 saturated carbocycles. The van der Waals surface area contributed by atoms with Crippen LogP contribution in [0.2, 0.25) is 0 Å². The van der Waals surface area contributed by atoms with Gasteiger partial charge in [-0.2, -0.15) is 0 Å². The Morgan fingerprint density at radius 1 is 1.33 bits per heavy atom. The van der Waals surface area contributed by atoms with Crippen molar-refractivity contribution in [1.82, 2.24) is 10.6 Å². The molecule has 0 aliphatic heterocycles. The number of phenolic OH excluding ortho intramolecular Hbond substituents is 2. The topological polar surface area (TPSA) is 81.6 Å². The molecule has 0 saturated heterocycles. The molecular weight excluding hydrogens is 232 g/mol. The lowest BCUT2D eigenvalue weighted by atomic mass is 9.92. The number of phenols is 2. The third-order valence-corrected chi connectivity index (χ3v) is 2.82. The molecule has 18 heavy (non-hydrogen) atoms. The molecule has 1 aromatic rings. The summed E-state index contributed by atoms with van der Waals surface area (Å²) in [5, 5.41) is 24.7. The van der Waals surface area contributed by atoms with Crippen molar-refractivity contribution in [2.24, 2.45) is 5.41 Å². The van der Waals surface area contributed by atoms with Crippen LogP contribution in [0.5, 0.6) is 11.5 Å². The molecule has 1 aromatic carbocycles. The van der Waals surface area contributed by atoms with Crippen molar-refractivity contribution in [3.8, 4) is 11.5 Å². The number of carbonyl (C=O) groups excluding carboxylic acids is 1. The maximum Gasteiger partial charge on any atom is 0.226 e. The molecule has 0 fully saturated rings. The Kier molecular flexibility index (Phi) is 4.55. The first-order valence-electron chi connectivity index (χ1n) is 5.81. The van der Waals surface area contributed by atoms with Gasteiger partial charge in [0, 0.05) is 25.7 Å². The van der Waals surface area contributed by atoms with Gasteiger partial charge >= 0.3 is 0 Å². The van der Waals surface area contributed by atoms with Gasteiger partial charge in [0.2, 0.25) is 5.91 Å². The molecule has 100 valence electrons. The molecule has 1 rings (SSSR count). The van der Waals surface area contributed by atoms with E-state index in [-0.39, 0.29) is 17.4 Å². The van der Waals surface area contributed by atoms with Crippen LogP contribution in [-0.2, 0) is 11.3 Å². The summed E-state index contributed by atoms with van der Waals surface area (Å²) >= 11 is 0. The van der Waals surface area contributed by atoms with Crippen LogP contribution in [0.1, 0.15) is 19.4 Å². The van der Waals surface area contributed by atoms with E-state index in [9.17, 15) is 15.0 Å². The molecule has 0 unspecified atom stereocenters. The molecular formula is C13H20N2O3. The average Bonchev–Trinajstić information content (AvgIpc) is 2.33. The Morgan fingerprint density at radius 3 is 2.61 bits per heavy atom. The summed E-state index contributed by atoms with van der Waals surface area (Å²) in [6.45, 7) is 4.53. The second-order valence-corrected chi connectivity index (χ2v) is 4.85. The van der Waals surface area contributed by atoms with Gasteiger partial charge in [0.1, 0.15) is 0 Å². The quantitative estimate of drug-likeness (QED) is 0.588. The van der Waals surface area contributed by atoms with Crippen molar-refractivity contribution < 1.29 is 15.0 Å². The minimum Gasteiger partial charge on any atom is -0.504 e. The van der Waals surface area contributed by atoms with Gasteiger partial charge in [-0.05, 0) is 19.9 Å². The van der Waals surface area contributed by atoms with E-state index in [1.807, 2.05) is 13.8 Å². The van der Waals surface area contributed by atoms with E-state index in [0.717, 1.165) is 0 Å². The van der Waals surface area contributed by atoms with Crippen molar-refractivity contribution in [3.05, 3.63) is 23.8 Å². The van der Waals surface area contributed by atoms with Gasteiger partial charge in [0.05, 0.1) is 5.41 Å². The lowest BCUT2D eigenvalue weighted by molar-refractivity contribution is -0.128. The Labute approximate surface area is 107 Å². The average molecular weight is 252 g/mol. The highest BCUT2D eigenvalue weighted by atomic mass is 16.3. The van der Waals surface area contributed by atoms with E-state index < -0.39 is 5.41 Å². The van der Waals surface area contributed by atoms with Gasteiger partial charge in [-0.1, -0.05) is 12.1 Å². The first-order valence-corrected chi connectivity index (χ1v) is 5.81. The van der Waals surface area contributed by atoms with Crippen molar-refractivity contribution in [1.29, 1.82) is 0 Å². The predicted octanol–water partition coefficient (Wildman–Crippen LogP) is 0.960. The lowest BCUT2D eigenvalue weighted by Crippen LogP contribution is -2.41. The van der Waals surface area contributed by atoms with Crippen molar-refractivity contribution in [3.63, 3.8) is 0 Å². The van der Waals surface area contributed by atoms with E-state index in [4.69, 9.17) is 0 Å². The van der Waals surface area contributed by atoms with Crippen molar-refractivity contribution in [2.45, 2.75) is 20.4 Å². The maximum atomic E-state index is 11.6. The van der Waals surface area contributed by atoms with E-state index in [1.165, 1.54) is 6.07 Å². The molecule has 0 heterocycles. The fraction of sp³-hybridized carbons (Fsp3) is 0.462. The number of hydrogen-bond acceptors (Lipinski definition) is 4. The number of amides is 1. The normalized spacial score (nSPS) is 11.3. The highest BCUT2D eigenvalue weighted by Gasteiger charge is 2.25. The van der Waals surface area contributed by atoms with Crippen LogP contribution in [0.3, 0.4) is 0 Å². The van der Waals surface area contributed by atoms with Crippen LogP contribution in [0.4, 0.5) is 0 Å². The number of nitrogens with one attached hydrogen (secondary N) is 2. The third kappa shape index (κ3) is 3.37. The van der Waals surface area contributed by atoms with Crippen LogP contribution in [0, 0.1) is 5.41 Å². The van der Waals surface area contributed by atoms with Crippen molar-refractivity contribution in [2.75, 3.05) is 13.6 Å². The van der Waals surface area contributed by atoms with Crippen molar-refractivity contribution >= 4 is 5.91 Å². The third-order valence-electron chi connectivity index (χ3n) is 2.82.